The van der Waals surface area contributed by atoms with Gasteiger partial charge >= 0.3 is 6.03 Å². The molecule has 3 amide bonds. The Kier molecular flexibility index (Phi) is 6.98. The molecule has 172 valence electrons. The lowest BCUT2D eigenvalue weighted by atomic mass is 10.1. The van der Waals surface area contributed by atoms with Gasteiger partial charge in [0.2, 0.25) is 5.89 Å². The van der Waals surface area contributed by atoms with Gasteiger partial charge < -0.3 is 20.4 Å². The number of carbonyl (C=O) groups is 2. The Morgan fingerprint density at radius 2 is 1.74 bits per heavy atom. The highest BCUT2D eigenvalue weighted by Gasteiger charge is 2.11. The van der Waals surface area contributed by atoms with Gasteiger partial charge in [0.25, 0.3) is 5.91 Å². The van der Waals surface area contributed by atoms with Crippen LogP contribution < -0.4 is 16.0 Å². The molecule has 0 spiro atoms. The topological polar surface area (TPSA) is 96.3 Å². The third-order valence-corrected chi connectivity index (χ3v) is 5.09. The molecule has 7 nitrogen and oxygen atoms in total. The third-order valence-electron chi connectivity index (χ3n) is 5.09. The average molecular weight is 458 g/mol. The van der Waals surface area contributed by atoms with Gasteiger partial charge in [-0.25, -0.2) is 14.2 Å². The fourth-order valence-corrected chi connectivity index (χ4v) is 3.24. The molecule has 0 fully saturated rings. The number of urea groups is 1. The van der Waals surface area contributed by atoms with Crippen LogP contribution in [0.4, 0.5) is 20.6 Å². The Labute approximate surface area is 196 Å². The summed E-state index contributed by atoms with van der Waals surface area (Å²) in [6.07, 6.45) is 1.97. The Hall–Kier alpha value is -4.46. The average Bonchev–Trinajstić information content (AvgIpc) is 3.30. The number of para-hydroxylation sites is 1. The van der Waals surface area contributed by atoms with Gasteiger partial charge in [-0.3, -0.25) is 4.79 Å². The summed E-state index contributed by atoms with van der Waals surface area (Å²) in [5.41, 5.74) is 3.82. The quantitative estimate of drug-likeness (QED) is 0.345. The van der Waals surface area contributed by atoms with E-state index in [0.29, 0.717) is 47.1 Å². The van der Waals surface area contributed by atoms with Crippen LogP contribution in [0.1, 0.15) is 21.6 Å². The molecule has 0 saturated carbocycles. The van der Waals surface area contributed by atoms with Crippen LogP contribution in [0, 0.1) is 12.7 Å². The van der Waals surface area contributed by atoms with Gasteiger partial charge in [0.1, 0.15) is 12.1 Å². The molecule has 4 rings (SSSR count). The molecular formula is C26H23FN4O3. The van der Waals surface area contributed by atoms with Gasteiger partial charge in [-0.05, 0) is 61.0 Å². The maximum atomic E-state index is 13.1. The number of anilines is 2. The predicted octanol–water partition coefficient (Wildman–Crippen LogP) is 5.41. The van der Waals surface area contributed by atoms with Crippen LogP contribution in [0.15, 0.2) is 83.5 Å². The number of aryl methyl sites for hydroxylation is 1. The number of nitrogens with zero attached hydrogens (tertiary/aromatic N) is 1. The van der Waals surface area contributed by atoms with Gasteiger partial charge in [0.15, 0.2) is 0 Å². The number of hydrogen-bond acceptors (Lipinski definition) is 4. The van der Waals surface area contributed by atoms with Crippen LogP contribution in [0.25, 0.3) is 11.5 Å². The first-order valence-electron chi connectivity index (χ1n) is 10.7. The zero-order valence-electron chi connectivity index (χ0n) is 18.5. The predicted molar refractivity (Wildman–Crippen MR) is 128 cm³/mol. The summed E-state index contributed by atoms with van der Waals surface area (Å²) in [6.45, 7) is 2.18. The highest BCUT2D eigenvalue weighted by atomic mass is 19.1. The van der Waals surface area contributed by atoms with Crippen molar-refractivity contribution in [2.24, 2.45) is 0 Å². The minimum absolute atomic E-state index is 0.266. The number of nitrogens with one attached hydrogen (secondary N) is 3. The van der Waals surface area contributed by atoms with E-state index in [-0.39, 0.29) is 11.7 Å². The molecule has 0 saturated heterocycles. The number of benzene rings is 3. The molecule has 0 aliphatic heterocycles. The summed E-state index contributed by atoms with van der Waals surface area (Å²) < 4.78 is 18.5. The van der Waals surface area contributed by atoms with E-state index in [1.807, 2.05) is 25.1 Å². The van der Waals surface area contributed by atoms with Crippen molar-refractivity contribution in [2.75, 3.05) is 17.2 Å². The number of oxazole rings is 1. The lowest BCUT2D eigenvalue weighted by Gasteiger charge is -2.12. The molecule has 0 unspecified atom stereocenters. The van der Waals surface area contributed by atoms with E-state index in [1.54, 1.807) is 42.5 Å². The molecule has 0 radical (unpaired) electrons. The van der Waals surface area contributed by atoms with E-state index in [0.717, 1.165) is 5.56 Å². The molecule has 8 heteroatoms. The van der Waals surface area contributed by atoms with E-state index < -0.39 is 6.03 Å². The zero-order valence-corrected chi connectivity index (χ0v) is 18.5. The summed E-state index contributed by atoms with van der Waals surface area (Å²) in [4.78, 5) is 29.3. The summed E-state index contributed by atoms with van der Waals surface area (Å²) in [5.74, 6) is -0.207. The summed E-state index contributed by atoms with van der Waals surface area (Å²) >= 11 is 0. The molecule has 0 bridgehead atoms. The number of carbonyl (C=O) groups excluding carboxylic acids is 2. The van der Waals surface area contributed by atoms with Crippen LogP contribution in [0.5, 0.6) is 0 Å². The van der Waals surface area contributed by atoms with Crippen molar-refractivity contribution >= 4 is 23.3 Å². The van der Waals surface area contributed by atoms with Crippen LogP contribution in [-0.4, -0.2) is 23.5 Å². The van der Waals surface area contributed by atoms with Gasteiger partial charge in [-0.1, -0.05) is 24.3 Å². The second-order valence-electron chi connectivity index (χ2n) is 7.63. The first kappa shape index (κ1) is 22.7. The van der Waals surface area contributed by atoms with Crippen molar-refractivity contribution in [2.45, 2.75) is 13.3 Å². The Bertz CT molecular complexity index is 1290. The van der Waals surface area contributed by atoms with E-state index in [9.17, 15) is 14.0 Å². The maximum Gasteiger partial charge on any atom is 0.319 e. The largest absolute Gasteiger partial charge is 0.444 e. The third kappa shape index (κ3) is 5.86. The van der Waals surface area contributed by atoms with Crippen molar-refractivity contribution in [3.05, 3.63) is 102 Å². The monoisotopic (exact) mass is 458 g/mol. The second-order valence-corrected chi connectivity index (χ2v) is 7.63. The van der Waals surface area contributed by atoms with Crippen molar-refractivity contribution < 1.29 is 18.4 Å². The smallest absolute Gasteiger partial charge is 0.319 e. The molecule has 0 aliphatic rings. The number of amides is 3. The lowest BCUT2D eigenvalue weighted by Crippen LogP contribution is -2.30. The molecule has 1 heterocycles. The van der Waals surface area contributed by atoms with E-state index >= 15 is 0 Å². The maximum absolute atomic E-state index is 13.1. The van der Waals surface area contributed by atoms with E-state index in [4.69, 9.17) is 4.42 Å². The van der Waals surface area contributed by atoms with E-state index in [2.05, 4.69) is 20.9 Å². The standard InChI is InChI=1S/C26H23FN4O3/c1-17-7-8-19(24(32)29-21-5-3-2-4-6-21)15-23(17)31-26(33)28-14-13-22-16-34-25(30-22)18-9-11-20(27)12-10-18/h2-12,15-16H,13-14H2,1H3,(H,29,32)(H2,28,31,33). The molecule has 4 aromatic rings. The number of rotatable bonds is 7. The molecule has 0 aliphatic carbocycles. The van der Waals surface area contributed by atoms with Crippen molar-refractivity contribution in [3.8, 4) is 11.5 Å². The second kappa shape index (κ2) is 10.4. The Balaban J connectivity index is 1.30. The van der Waals surface area contributed by atoms with Gasteiger partial charge in [-0.2, -0.15) is 0 Å². The Morgan fingerprint density at radius 1 is 0.971 bits per heavy atom. The van der Waals surface area contributed by atoms with Crippen molar-refractivity contribution in [1.82, 2.24) is 10.3 Å². The minimum Gasteiger partial charge on any atom is -0.444 e. The zero-order chi connectivity index (χ0) is 23.9. The van der Waals surface area contributed by atoms with Crippen molar-refractivity contribution in [3.63, 3.8) is 0 Å². The molecule has 3 aromatic carbocycles. The number of hydrogen-bond donors (Lipinski definition) is 3. The normalized spacial score (nSPS) is 10.5. The molecule has 0 atom stereocenters. The highest BCUT2D eigenvalue weighted by molar-refractivity contribution is 6.05. The van der Waals surface area contributed by atoms with Gasteiger partial charge in [0.05, 0.1) is 5.69 Å². The van der Waals surface area contributed by atoms with E-state index in [1.165, 1.54) is 18.4 Å². The number of aromatic nitrogens is 1. The minimum atomic E-state index is -0.397. The van der Waals surface area contributed by atoms with Crippen molar-refractivity contribution in [1.29, 1.82) is 0 Å². The first-order chi connectivity index (χ1) is 16.5. The van der Waals surface area contributed by atoms with Crippen LogP contribution in [-0.2, 0) is 6.42 Å². The van der Waals surface area contributed by atoms with Gasteiger partial charge in [0, 0.05) is 35.5 Å². The summed E-state index contributed by atoms with van der Waals surface area (Å²) in [6, 6.07) is 19.7. The molecule has 3 N–H and O–H groups in total. The van der Waals surface area contributed by atoms with Crippen LogP contribution in [0.2, 0.25) is 0 Å². The molecular weight excluding hydrogens is 435 g/mol. The summed E-state index contributed by atoms with van der Waals surface area (Å²) in [7, 11) is 0. The number of halogens is 1. The molecule has 34 heavy (non-hydrogen) atoms. The van der Waals surface area contributed by atoms with Crippen LogP contribution in [0.3, 0.4) is 0 Å². The van der Waals surface area contributed by atoms with Gasteiger partial charge in [-0.15, -0.1) is 0 Å². The molecule has 1 aromatic heterocycles. The SMILES string of the molecule is Cc1ccc(C(=O)Nc2ccccc2)cc1NC(=O)NCCc1coc(-c2ccc(F)cc2)n1. The lowest BCUT2D eigenvalue weighted by molar-refractivity contribution is 0.102. The first-order valence-corrected chi connectivity index (χ1v) is 10.7. The fourth-order valence-electron chi connectivity index (χ4n) is 3.24. The van der Waals surface area contributed by atoms with Crippen LogP contribution >= 0.6 is 0 Å². The highest BCUT2D eigenvalue weighted by Crippen LogP contribution is 2.20. The Morgan fingerprint density at radius 3 is 2.50 bits per heavy atom. The summed E-state index contributed by atoms with van der Waals surface area (Å²) in [5, 5.41) is 8.38. The fraction of sp³-hybridized carbons (Fsp3) is 0.115.